The highest BCUT2D eigenvalue weighted by atomic mass is 32.1. The Hall–Kier alpha value is -4.21. The largest absolute Gasteiger partial charge is 0.497 e. The van der Waals surface area contributed by atoms with Gasteiger partial charge < -0.3 is 19.1 Å². The molecule has 1 fully saturated rings. The number of carbonyl (C=O) groups excluding carboxylic acids is 1. The smallest absolute Gasteiger partial charge is 0.298 e. The molecule has 1 aliphatic rings. The molecule has 1 amide bonds. The van der Waals surface area contributed by atoms with E-state index < -0.39 is 0 Å². The van der Waals surface area contributed by atoms with Gasteiger partial charge in [0, 0.05) is 56.2 Å². The number of methoxy groups -OCH3 is 2. The molecule has 1 saturated heterocycles. The van der Waals surface area contributed by atoms with Crippen LogP contribution in [0.25, 0.3) is 6.08 Å². The minimum atomic E-state index is -0.0250. The molecule has 40 heavy (non-hydrogen) atoms. The Morgan fingerprint density at radius 3 is 2.52 bits per heavy atom. The van der Waals surface area contributed by atoms with E-state index in [1.54, 1.807) is 32.4 Å². The van der Waals surface area contributed by atoms with Crippen LogP contribution in [0, 0.1) is 0 Å². The van der Waals surface area contributed by atoms with E-state index in [-0.39, 0.29) is 5.91 Å². The lowest BCUT2D eigenvalue weighted by Gasteiger charge is -2.34. The molecule has 5 rings (SSSR count). The summed E-state index contributed by atoms with van der Waals surface area (Å²) in [6.07, 6.45) is 4.87. The maximum absolute atomic E-state index is 13.3. The van der Waals surface area contributed by atoms with Crippen molar-refractivity contribution < 1.29 is 19.0 Å². The number of benzene rings is 3. The summed E-state index contributed by atoms with van der Waals surface area (Å²) in [4.78, 5) is 22.1. The lowest BCUT2D eigenvalue weighted by molar-refractivity contribution is 0.0650. The fourth-order valence-corrected chi connectivity index (χ4v) is 5.08. The molecule has 9 heteroatoms. The van der Waals surface area contributed by atoms with E-state index in [2.05, 4.69) is 38.5 Å². The molecule has 0 unspecified atom stereocenters. The lowest BCUT2D eigenvalue weighted by Crippen LogP contribution is -2.48. The van der Waals surface area contributed by atoms with Crippen LogP contribution in [0.15, 0.2) is 78.9 Å². The van der Waals surface area contributed by atoms with Gasteiger partial charge in [-0.3, -0.25) is 9.69 Å². The zero-order valence-corrected chi connectivity index (χ0v) is 23.5. The number of aromatic nitrogens is 2. The average Bonchev–Trinajstić information content (AvgIpc) is 3.44. The summed E-state index contributed by atoms with van der Waals surface area (Å²) < 4.78 is 21.3. The highest BCUT2D eigenvalue weighted by Gasteiger charge is 2.23. The van der Waals surface area contributed by atoms with Gasteiger partial charge in [-0.1, -0.05) is 54.6 Å². The zero-order chi connectivity index (χ0) is 27.7. The van der Waals surface area contributed by atoms with Crippen molar-refractivity contribution in [2.24, 2.45) is 0 Å². The van der Waals surface area contributed by atoms with Crippen LogP contribution < -0.4 is 14.2 Å². The van der Waals surface area contributed by atoms with Gasteiger partial charge in [-0.15, -0.1) is 0 Å². The van der Waals surface area contributed by atoms with E-state index in [9.17, 15) is 4.79 Å². The van der Waals surface area contributed by atoms with Crippen LogP contribution in [0.4, 0.5) is 0 Å². The normalized spacial score (nSPS) is 13.9. The molecule has 0 N–H and O–H groups in total. The molecule has 1 aliphatic heterocycles. The van der Waals surface area contributed by atoms with Crippen LogP contribution in [-0.2, 0) is 6.42 Å². The van der Waals surface area contributed by atoms with Gasteiger partial charge in [-0.25, -0.2) is 0 Å². The van der Waals surface area contributed by atoms with Gasteiger partial charge in [0.2, 0.25) is 0 Å². The molecule has 0 saturated carbocycles. The van der Waals surface area contributed by atoms with Gasteiger partial charge in [0.1, 0.15) is 5.75 Å². The van der Waals surface area contributed by atoms with Crippen LogP contribution in [-0.4, -0.2) is 72.0 Å². The number of hydrogen-bond donors (Lipinski definition) is 0. The second-order valence-electron chi connectivity index (χ2n) is 9.38. The summed E-state index contributed by atoms with van der Waals surface area (Å²) in [5.41, 5.74) is 2.78. The van der Waals surface area contributed by atoms with Gasteiger partial charge in [-0.05, 0) is 41.5 Å². The quantitative estimate of drug-likeness (QED) is 0.259. The Kier molecular flexibility index (Phi) is 9.05. The second kappa shape index (κ2) is 13.2. The molecule has 3 aromatic carbocycles. The first-order valence-electron chi connectivity index (χ1n) is 13.2. The maximum atomic E-state index is 13.3. The minimum absolute atomic E-state index is 0.0250. The summed E-state index contributed by atoms with van der Waals surface area (Å²) in [5.74, 6) is 2.37. The monoisotopic (exact) mass is 556 g/mol. The molecule has 0 radical (unpaired) electrons. The second-order valence-corrected chi connectivity index (χ2v) is 10.1. The van der Waals surface area contributed by atoms with Crippen molar-refractivity contribution in [2.75, 3.05) is 46.9 Å². The van der Waals surface area contributed by atoms with Crippen LogP contribution in [0.5, 0.6) is 22.4 Å². The molecular formula is C31H32N4O4S. The van der Waals surface area contributed by atoms with Crippen molar-refractivity contribution in [3.8, 4) is 22.4 Å². The van der Waals surface area contributed by atoms with Gasteiger partial charge >= 0.3 is 0 Å². The van der Waals surface area contributed by atoms with Gasteiger partial charge in [0.15, 0.2) is 17.3 Å². The number of nitrogens with zero attached hydrogens (tertiary/aromatic N) is 4. The van der Waals surface area contributed by atoms with Crippen molar-refractivity contribution >= 4 is 23.5 Å². The van der Waals surface area contributed by atoms with Crippen molar-refractivity contribution in [3.05, 3.63) is 101 Å². The Labute approximate surface area is 238 Å². The van der Waals surface area contributed by atoms with Crippen LogP contribution >= 0.6 is 11.5 Å². The van der Waals surface area contributed by atoms with Gasteiger partial charge in [0.05, 0.1) is 14.2 Å². The van der Waals surface area contributed by atoms with Crippen molar-refractivity contribution in [2.45, 2.75) is 6.42 Å². The third-order valence-corrected chi connectivity index (χ3v) is 7.32. The highest BCUT2D eigenvalue weighted by Crippen LogP contribution is 2.34. The molecule has 0 bridgehead atoms. The molecule has 206 valence electrons. The van der Waals surface area contributed by atoms with E-state index in [1.807, 2.05) is 47.4 Å². The topological polar surface area (TPSA) is 77.0 Å². The predicted molar refractivity (Wildman–Crippen MR) is 157 cm³/mol. The molecule has 8 nitrogen and oxygen atoms in total. The average molecular weight is 557 g/mol. The fourth-order valence-electron chi connectivity index (χ4n) is 4.52. The number of hydrogen-bond acceptors (Lipinski definition) is 8. The number of carbonyl (C=O) groups is 1. The number of rotatable bonds is 10. The summed E-state index contributed by atoms with van der Waals surface area (Å²) >= 11 is 1.16. The Morgan fingerprint density at radius 2 is 1.75 bits per heavy atom. The standard InChI is InChI=1S/C31H32N4O4S/c1-37-26-12-6-10-24(20-26)21-29-32-31(40-33-29)39-28-22-25(13-14-27(28)38-2)30(36)35-18-16-34(17-19-35)15-7-11-23-8-4-3-5-9-23/h3-14,20,22H,15-19,21H2,1-2H3/b11-7+. The molecule has 2 heterocycles. The van der Waals surface area contributed by atoms with E-state index in [0.717, 1.165) is 42.5 Å². The van der Waals surface area contributed by atoms with E-state index in [4.69, 9.17) is 14.2 Å². The maximum Gasteiger partial charge on any atom is 0.298 e. The third-order valence-electron chi connectivity index (χ3n) is 6.69. The van der Waals surface area contributed by atoms with Gasteiger partial charge in [-0.2, -0.15) is 9.36 Å². The minimum Gasteiger partial charge on any atom is -0.497 e. The van der Waals surface area contributed by atoms with E-state index >= 15 is 0 Å². The SMILES string of the molecule is COc1cccc(Cc2nsc(Oc3cc(C(=O)N4CCN(C/C=C/c5ccccc5)CC4)ccc3OC)n2)c1. The first kappa shape index (κ1) is 27.4. The molecular weight excluding hydrogens is 524 g/mol. The number of piperazine rings is 1. The predicted octanol–water partition coefficient (Wildman–Crippen LogP) is 5.41. The van der Waals surface area contributed by atoms with Crippen LogP contribution in [0.2, 0.25) is 0 Å². The molecule has 4 aromatic rings. The van der Waals surface area contributed by atoms with Crippen molar-refractivity contribution in [1.82, 2.24) is 19.2 Å². The fraction of sp³-hybridized carbons (Fsp3) is 0.258. The number of ether oxygens (including phenoxy) is 3. The summed E-state index contributed by atoms with van der Waals surface area (Å²) in [7, 11) is 3.22. The first-order valence-corrected chi connectivity index (χ1v) is 13.9. The van der Waals surface area contributed by atoms with Gasteiger partial charge in [0.25, 0.3) is 11.1 Å². The molecule has 0 aliphatic carbocycles. The summed E-state index contributed by atoms with van der Waals surface area (Å²) in [5, 5.41) is 0.387. The summed E-state index contributed by atoms with van der Waals surface area (Å²) in [6, 6.07) is 23.3. The molecule has 0 atom stereocenters. The van der Waals surface area contributed by atoms with Crippen molar-refractivity contribution in [3.63, 3.8) is 0 Å². The van der Waals surface area contributed by atoms with E-state index in [1.165, 1.54) is 5.56 Å². The van der Waals surface area contributed by atoms with E-state index in [0.29, 0.717) is 47.6 Å². The lowest BCUT2D eigenvalue weighted by atomic mass is 10.1. The molecule has 1 aromatic heterocycles. The Bertz CT molecular complexity index is 1450. The Balaban J connectivity index is 1.19. The first-order chi connectivity index (χ1) is 19.6. The third kappa shape index (κ3) is 7.05. The highest BCUT2D eigenvalue weighted by molar-refractivity contribution is 7.07. The number of amides is 1. The summed E-state index contributed by atoms with van der Waals surface area (Å²) in [6.45, 7) is 3.85. The Morgan fingerprint density at radius 1 is 0.925 bits per heavy atom. The zero-order valence-electron chi connectivity index (χ0n) is 22.7. The molecule has 0 spiro atoms. The van der Waals surface area contributed by atoms with Crippen molar-refractivity contribution in [1.29, 1.82) is 0 Å². The van der Waals surface area contributed by atoms with Crippen LogP contribution in [0.1, 0.15) is 27.3 Å². The van der Waals surface area contributed by atoms with Crippen LogP contribution in [0.3, 0.4) is 0 Å².